The second kappa shape index (κ2) is 4.45. The zero-order chi connectivity index (χ0) is 10.6. The van der Waals surface area contributed by atoms with E-state index < -0.39 is 5.97 Å². The highest BCUT2D eigenvalue weighted by Crippen LogP contribution is 2.21. The lowest BCUT2D eigenvalue weighted by Crippen LogP contribution is -2.07. The maximum Gasteiger partial charge on any atom is 0.360 e. The number of aromatic nitrogens is 1. The van der Waals surface area contributed by atoms with Crippen LogP contribution in [-0.2, 0) is 4.74 Å². The van der Waals surface area contributed by atoms with Gasteiger partial charge >= 0.3 is 5.97 Å². The minimum absolute atomic E-state index is 0.104. The molecule has 0 bridgehead atoms. The third-order valence-electron chi connectivity index (χ3n) is 1.55. The van der Waals surface area contributed by atoms with Crippen LogP contribution in [0.1, 0.15) is 17.4 Å². The number of aromatic hydroxyl groups is 1. The Labute approximate surface area is 81.3 Å². The summed E-state index contributed by atoms with van der Waals surface area (Å²) in [5.74, 6) is -0.508. The van der Waals surface area contributed by atoms with Crippen molar-refractivity contribution >= 4 is 5.97 Å². The molecule has 0 fully saturated rings. The van der Waals surface area contributed by atoms with Crippen molar-refractivity contribution < 1.29 is 19.4 Å². The molecule has 0 atom stereocenters. The fourth-order valence-electron chi connectivity index (χ4n) is 0.903. The maximum atomic E-state index is 11.2. The van der Waals surface area contributed by atoms with E-state index in [1.54, 1.807) is 6.92 Å². The van der Waals surface area contributed by atoms with Crippen LogP contribution in [0.2, 0.25) is 0 Å². The van der Waals surface area contributed by atoms with Gasteiger partial charge in [0.25, 0.3) is 0 Å². The number of methoxy groups -OCH3 is 1. The molecule has 0 radical (unpaired) electrons. The van der Waals surface area contributed by atoms with Crippen LogP contribution in [0.5, 0.6) is 11.5 Å². The molecule has 1 aromatic heterocycles. The summed E-state index contributed by atoms with van der Waals surface area (Å²) in [6.07, 6.45) is 1.34. The molecule has 0 spiro atoms. The normalized spacial score (nSPS) is 9.57. The van der Waals surface area contributed by atoms with Crippen molar-refractivity contribution in [3.63, 3.8) is 0 Å². The lowest BCUT2D eigenvalue weighted by atomic mass is 10.3. The number of hydrogen-bond acceptors (Lipinski definition) is 5. The van der Waals surface area contributed by atoms with E-state index in [1.165, 1.54) is 19.4 Å². The average Bonchev–Trinajstić information content (AvgIpc) is 2.17. The van der Waals surface area contributed by atoms with Gasteiger partial charge in [-0.05, 0) is 6.92 Å². The van der Waals surface area contributed by atoms with Gasteiger partial charge in [-0.1, -0.05) is 0 Å². The molecule has 76 valence electrons. The van der Waals surface area contributed by atoms with Crippen molar-refractivity contribution in [2.45, 2.75) is 6.92 Å². The molecule has 0 aromatic carbocycles. The van der Waals surface area contributed by atoms with Gasteiger partial charge in [-0.2, -0.15) is 0 Å². The molecule has 0 aliphatic heterocycles. The van der Waals surface area contributed by atoms with E-state index >= 15 is 0 Å². The standard InChI is InChI=1S/C9H11NO4/c1-3-14-9(12)8-7(11)4-6(13-2)5-10-8/h4-5,11H,3H2,1-2H3. The summed E-state index contributed by atoms with van der Waals surface area (Å²) in [5, 5.41) is 9.38. The van der Waals surface area contributed by atoms with Crippen LogP contribution in [0.3, 0.4) is 0 Å². The second-order valence-corrected chi connectivity index (χ2v) is 2.46. The fraction of sp³-hybridized carbons (Fsp3) is 0.333. The Morgan fingerprint density at radius 3 is 2.86 bits per heavy atom. The summed E-state index contributed by atoms with van der Waals surface area (Å²) in [4.78, 5) is 14.9. The predicted molar refractivity (Wildman–Crippen MR) is 48.4 cm³/mol. The Morgan fingerprint density at radius 1 is 1.64 bits per heavy atom. The van der Waals surface area contributed by atoms with Gasteiger partial charge in [-0.15, -0.1) is 0 Å². The third-order valence-corrected chi connectivity index (χ3v) is 1.55. The molecule has 0 saturated heterocycles. The number of hydrogen-bond donors (Lipinski definition) is 1. The molecule has 1 heterocycles. The molecule has 1 rings (SSSR count). The van der Waals surface area contributed by atoms with Gasteiger partial charge in [0.1, 0.15) is 5.75 Å². The molecule has 0 unspecified atom stereocenters. The van der Waals surface area contributed by atoms with Gasteiger partial charge in [-0.25, -0.2) is 9.78 Å². The number of esters is 1. The van der Waals surface area contributed by atoms with Gasteiger partial charge in [0.05, 0.1) is 19.9 Å². The van der Waals surface area contributed by atoms with Crippen molar-refractivity contribution in [3.05, 3.63) is 18.0 Å². The first kappa shape index (κ1) is 10.3. The molecular formula is C9H11NO4. The van der Waals surface area contributed by atoms with Gasteiger partial charge in [0.15, 0.2) is 11.4 Å². The van der Waals surface area contributed by atoms with Crippen LogP contribution in [0.4, 0.5) is 0 Å². The number of ether oxygens (including phenoxy) is 2. The van der Waals surface area contributed by atoms with E-state index in [0.29, 0.717) is 5.75 Å². The van der Waals surface area contributed by atoms with E-state index in [4.69, 9.17) is 4.74 Å². The summed E-state index contributed by atoms with van der Waals surface area (Å²) in [5.41, 5.74) is -0.104. The minimum Gasteiger partial charge on any atom is -0.505 e. The second-order valence-electron chi connectivity index (χ2n) is 2.46. The van der Waals surface area contributed by atoms with E-state index in [2.05, 4.69) is 9.72 Å². The SMILES string of the molecule is CCOC(=O)c1ncc(OC)cc1O. The Bertz CT molecular complexity index is 338. The average molecular weight is 197 g/mol. The highest BCUT2D eigenvalue weighted by Gasteiger charge is 2.14. The van der Waals surface area contributed by atoms with Crippen LogP contribution >= 0.6 is 0 Å². The van der Waals surface area contributed by atoms with Crippen LogP contribution in [0.15, 0.2) is 12.3 Å². The Hall–Kier alpha value is -1.78. The van der Waals surface area contributed by atoms with Gasteiger partial charge in [-0.3, -0.25) is 0 Å². The zero-order valence-corrected chi connectivity index (χ0v) is 7.98. The molecular weight excluding hydrogens is 186 g/mol. The topological polar surface area (TPSA) is 68.7 Å². The van der Waals surface area contributed by atoms with Crippen molar-refractivity contribution in [1.29, 1.82) is 0 Å². The third kappa shape index (κ3) is 2.12. The molecule has 0 aliphatic rings. The first-order valence-corrected chi connectivity index (χ1v) is 4.09. The van der Waals surface area contributed by atoms with Gasteiger partial charge < -0.3 is 14.6 Å². The molecule has 5 heteroatoms. The number of carbonyl (C=O) groups is 1. The highest BCUT2D eigenvalue weighted by atomic mass is 16.5. The first-order chi connectivity index (χ1) is 6.69. The van der Waals surface area contributed by atoms with Crippen molar-refractivity contribution in [2.75, 3.05) is 13.7 Å². The van der Waals surface area contributed by atoms with Crippen LogP contribution in [0.25, 0.3) is 0 Å². The summed E-state index contributed by atoms with van der Waals surface area (Å²) >= 11 is 0. The Kier molecular flexibility index (Phi) is 3.28. The first-order valence-electron chi connectivity index (χ1n) is 4.09. The van der Waals surface area contributed by atoms with E-state index in [-0.39, 0.29) is 18.1 Å². The van der Waals surface area contributed by atoms with Crippen LogP contribution in [0, 0.1) is 0 Å². The van der Waals surface area contributed by atoms with Crippen molar-refractivity contribution in [2.24, 2.45) is 0 Å². The van der Waals surface area contributed by atoms with E-state index in [1.807, 2.05) is 0 Å². The number of nitrogens with zero attached hydrogens (tertiary/aromatic N) is 1. The van der Waals surface area contributed by atoms with Crippen LogP contribution < -0.4 is 4.74 Å². The molecule has 1 aromatic rings. The molecule has 0 amide bonds. The fourth-order valence-corrected chi connectivity index (χ4v) is 0.903. The number of carbonyl (C=O) groups excluding carboxylic acids is 1. The predicted octanol–water partition coefficient (Wildman–Crippen LogP) is 0.972. The van der Waals surface area contributed by atoms with Crippen molar-refractivity contribution in [3.8, 4) is 11.5 Å². The van der Waals surface area contributed by atoms with E-state index in [9.17, 15) is 9.90 Å². The molecule has 1 N–H and O–H groups in total. The van der Waals surface area contributed by atoms with Crippen molar-refractivity contribution in [1.82, 2.24) is 4.98 Å². The minimum atomic E-state index is -0.646. The molecule has 5 nitrogen and oxygen atoms in total. The van der Waals surface area contributed by atoms with Crippen LogP contribution in [-0.4, -0.2) is 29.8 Å². The largest absolute Gasteiger partial charge is 0.505 e. The molecule has 14 heavy (non-hydrogen) atoms. The number of pyridine rings is 1. The maximum absolute atomic E-state index is 11.2. The Balaban J connectivity index is 2.94. The monoisotopic (exact) mass is 197 g/mol. The van der Waals surface area contributed by atoms with Gasteiger partial charge in [0.2, 0.25) is 0 Å². The quantitative estimate of drug-likeness (QED) is 0.731. The summed E-state index contributed by atoms with van der Waals surface area (Å²) in [7, 11) is 1.44. The zero-order valence-electron chi connectivity index (χ0n) is 7.98. The van der Waals surface area contributed by atoms with E-state index in [0.717, 1.165) is 0 Å². The Morgan fingerprint density at radius 2 is 2.36 bits per heavy atom. The highest BCUT2D eigenvalue weighted by molar-refractivity contribution is 5.90. The number of rotatable bonds is 3. The molecule has 0 aliphatic carbocycles. The summed E-state index contributed by atoms with van der Waals surface area (Å²) in [6, 6.07) is 1.30. The molecule has 0 saturated carbocycles. The van der Waals surface area contributed by atoms with Gasteiger partial charge in [0, 0.05) is 6.07 Å². The lowest BCUT2D eigenvalue weighted by molar-refractivity contribution is 0.0515. The summed E-state index contributed by atoms with van der Waals surface area (Å²) in [6.45, 7) is 1.92. The lowest BCUT2D eigenvalue weighted by Gasteiger charge is -2.04. The smallest absolute Gasteiger partial charge is 0.360 e. The summed E-state index contributed by atoms with van der Waals surface area (Å²) < 4.78 is 9.50.